The van der Waals surface area contributed by atoms with Gasteiger partial charge in [-0.15, -0.1) is 10.2 Å². The van der Waals surface area contributed by atoms with Gasteiger partial charge in [0.2, 0.25) is 0 Å². The highest BCUT2D eigenvalue weighted by molar-refractivity contribution is 8.00. The minimum Gasteiger partial charge on any atom is -0.467 e. The molecule has 1 atom stereocenters. The number of hydrogen-bond donors (Lipinski definition) is 1. The fourth-order valence-electron chi connectivity index (χ4n) is 2.72. The standard InChI is InChI=1S/C18H16N4O2S/c1-12(17(23)15-9-19-16-7-3-2-6-14(15)16)25-18-21-20-11-22(18)10-13-5-4-8-24-13/h2-9,11-12,19H,10H2,1H3/t12-/m0/s1. The van der Waals surface area contributed by atoms with E-state index in [1.165, 1.54) is 11.8 Å². The first-order valence-corrected chi connectivity index (χ1v) is 8.77. The van der Waals surface area contributed by atoms with E-state index < -0.39 is 0 Å². The summed E-state index contributed by atoms with van der Waals surface area (Å²) >= 11 is 1.40. The molecule has 0 unspecified atom stereocenters. The number of Topliss-reactive ketones (excluding diaryl/α,β-unsaturated/α-hetero) is 1. The van der Waals surface area contributed by atoms with Crippen molar-refractivity contribution in [1.82, 2.24) is 19.7 Å². The van der Waals surface area contributed by atoms with Gasteiger partial charge < -0.3 is 14.0 Å². The van der Waals surface area contributed by atoms with Crippen LogP contribution in [0.15, 0.2) is 64.8 Å². The maximum Gasteiger partial charge on any atom is 0.192 e. The van der Waals surface area contributed by atoms with E-state index in [1.54, 1.807) is 18.8 Å². The van der Waals surface area contributed by atoms with Crippen LogP contribution in [0, 0.1) is 0 Å². The molecule has 0 bridgehead atoms. The first-order valence-electron chi connectivity index (χ1n) is 7.89. The maximum absolute atomic E-state index is 12.9. The summed E-state index contributed by atoms with van der Waals surface area (Å²) in [7, 11) is 0. The minimum atomic E-state index is -0.279. The van der Waals surface area contributed by atoms with Gasteiger partial charge in [-0.05, 0) is 25.1 Å². The maximum atomic E-state index is 12.9. The van der Waals surface area contributed by atoms with E-state index in [0.717, 1.165) is 16.7 Å². The second kappa shape index (κ2) is 6.60. The van der Waals surface area contributed by atoms with Crippen molar-refractivity contribution in [3.05, 3.63) is 66.5 Å². The zero-order valence-corrected chi connectivity index (χ0v) is 14.4. The van der Waals surface area contributed by atoms with Crippen LogP contribution < -0.4 is 0 Å². The van der Waals surface area contributed by atoms with Gasteiger partial charge >= 0.3 is 0 Å². The third-order valence-corrected chi connectivity index (χ3v) is 5.09. The number of aromatic nitrogens is 4. The number of carbonyl (C=O) groups excluding carboxylic acids is 1. The Labute approximate surface area is 148 Å². The molecule has 25 heavy (non-hydrogen) atoms. The molecule has 0 fully saturated rings. The Morgan fingerprint density at radius 3 is 3.04 bits per heavy atom. The van der Waals surface area contributed by atoms with Crippen molar-refractivity contribution in [3.63, 3.8) is 0 Å². The number of carbonyl (C=O) groups is 1. The van der Waals surface area contributed by atoms with E-state index in [0.29, 0.717) is 17.3 Å². The van der Waals surface area contributed by atoms with Crippen molar-refractivity contribution < 1.29 is 9.21 Å². The van der Waals surface area contributed by atoms with Gasteiger partial charge in [-0.1, -0.05) is 30.0 Å². The minimum absolute atomic E-state index is 0.0648. The van der Waals surface area contributed by atoms with Gasteiger partial charge in [0.05, 0.1) is 18.1 Å². The molecule has 0 saturated carbocycles. The van der Waals surface area contributed by atoms with E-state index in [2.05, 4.69) is 15.2 Å². The SMILES string of the molecule is C[C@H](Sc1nncn1Cc1ccco1)C(=O)c1c[nH]c2ccccc12. The van der Waals surface area contributed by atoms with E-state index in [1.807, 2.05) is 47.9 Å². The summed E-state index contributed by atoms with van der Waals surface area (Å²) < 4.78 is 7.24. The number of H-pyrrole nitrogens is 1. The summed E-state index contributed by atoms with van der Waals surface area (Å²) in [4.78, 5) is 16.0. The topological polar surface area (TPSA) is 76.7 Å². The lowest BCUT2D eigenvalue weighted by Crippen LogP contribution is -2.14. The molecular formula is C18H16N4O2S. The van der Waals surface area contributed by atoms with Crippen LogP contribution in [-0.4, -0.2) is 30.8 Å². The summed E-state index contributed by atoms with van der Waals surface area (Å²) in [6, 6.07) is 11.5. The van der Waals surface area contributed by atoms with Gasteiger partial charge in [0.15, 0.2) is 10.9 Å². The molecule has 1 N–H and O–H groups in total. The molecular weight excluding hydrogens is 336 g/mol. The van der Waals surface area contributed by atoms with Gasteiger partial charge in [-0.25, -0.2) is 0 Å². The molecule has 4 rings (SSSR count). The average Bonchev–Trinajstić information content (AvgIpc) is 3.36. The van der Waals surface area contributed by atoms with E-state index in [4.69, 9.17) is 4.42 Å². The predicted molar refractivity (Wildman–Crippen MR) is 95.8 cm³/mol. The Morgan fingerprint density at radius 1 is 1.32 bits per heavy atom. The molecule has 0 amide bonds. The van der Waals surface area contributed by atoms with Crippen LogP contribution in [0.1, 0.15) is 23.0 Å². The van der Waals surface area contributed by atoms with Crippen LogP contribution in [0.25, 0.3) is 10.9 Å². The molecule has 1 aromatic carbocycles. The van der Waals surface area contributed by atoms with Gasteiger partial charge in [0, 0.05) is 22.7 Å². The number of nitrogens with zero attached hydrogens (tertiary/aromatic N) is 3. The van der Waals surface area contributed by atoms with Crippen LogP contribution >= 0.6 is 11.8 Å². The zero-order chi connectivity index (χ0) is 17.2. The second-order valence-corrected chi connectivity index (χ2v) is 7.00. The predicted octanol–water partition coefficient (Wildman–Crippen LogP) is 3.76. The van der Waals surface area contributed by atoms with Crippen LogP contribution in [0.4, 0.5) is 0 Å². The third-order valence-electron chi connectivity index (χ3n) is 3.99. The number of aromatic amines is 1. The number of fused-ring (bicyclic) bond motifs is 1. The molecule has 6 nitrogen and oxygen atoms in total. The van der Waals surface area contributed by atoms with Gasteiger partial charge in [-0.2, -0.15) is 0 Å². The van der Waals surface area contributed by atoms with Crippen molar-refractivity contribution in [1.29, 1.82) is 0 Å². The van der Waals surface area contributed by atoms with E-state index in [-0.39, 0.29) is 11.0 Å². The molecule has 0 spiro atoms. The number of thioether (sulfide) groups is 1. The van der Waals surface area contributed by atoms with Crippen molar-refractivity contribution in [2.24, 2.45) is 0 Å². The molecule has 0 aliphatic heterocycles. The molecule has 0 radical (unpaired) electrons. The Morgan fingerprint density at radius 2 is 2.20 bits per heavy atom. The van der Waals surface area contributed by atoms with Gasteiger partial charge in [-0.3, -0.25) is 4.79 Å². The Balaban J connectivity index is 1.53. The van der Waals surface area contributed by atoms with E-state index in [9.17, 15) is 4.79 Å². The summed E-state index contributed by atoms with van der Waals surface area (Å²) in [5.74, 6) is 0.882. The first kappa shape index (κ1) is 15.7. The molecule has 3 heterocycles. The zero-order valence-electron chi connectivity index (χ0n) is 13.5. The van der Waals surface area contributed by atoms with E-state index >= 15 is 0 Å². The number of para-hydroxylation sites is 1. The molecule has 3 aromatic heterocycles. The second-order valence-electron chi connectivity index (χ2n) is 5.69. The molecule has 7 heteroatoms. The van der Waals surface area contributed by atoms with Crippen molar-refractivity contribution in [3.8, 4) is 0 Å². The van der Waals surface area contributed by atoms with Crippen LogP contribution in [0.5, 0.6) is 0 Å². The molecule has 126 valence electrons. The smallest absolute Gasteiger partial charge is 0.192 e. The van der Waals surface area contributed by atoms with Crippen molar-refractivity contribution in [2.75, 3.05) is 0 Å². The number of furan rings is 1. The molecule has 0 saturated heterocycles. The highest BCUT2D eigenvalue weighted by Crippen LogP contribution is 2.27. The summed E-state index contributed by atoms with van der Waals surface area (Å²) in [5, 5.41) is 9.45. The Kier molecular flexibility index (Phi) is 4.15. The lowest BCUT2D eigenvalue weighted by atomic mass is 10.1. The van der Waals surface area contributed by atoms with Gasteiger partial charge in [0.25, 0.3) is 0 Å². The monoisotopic (exact) mass is 352 g/mol. The largest absolute Gasteiger partial charge is 0.467 e. The number of hydrogen-bond acceptors (Lipinski definition) is 5. The number of nitrogens with one attached hydrogen (secondary N) is 1. The number of ketones is 1. The molecule has 0 aliphatic rings. The Hall–Kier alpha value is -2.80. The van der Waals surface area contributed by atoms with Crippen LogP contribution in [0.3, 0.4) is 0 Å². The summed E-state index contributed by atoms with van der Waals surface area (Å²) in [6.07, 6.45) is 5.06. The third kappa shape index (κ3) is 3.10. The highest BCUT2D eigenvalue weighted by Gasteiger charge is 2.22. The normalized spacial score (nSPS) is 12.5. The fourth-order valence-corrected chi connectivity index (χ4v) is 3.61. The van der Waals surface area contributed by atoms with Crippen molar-refractivity contribution in [2.45, 2.75) is 23.9 Å². The number of benzene rings is 1. The lowest BCUT2D eigenvalue weighted by molar-refractivity contribution is 0.0995. The summed E-state index contributed by atoms with van der Waals surface area (Å²) in [6.45, 7) is 2.43. The van der Waals surface area contributed by atoms with Crippen LogP contribution in [0.2, 0.25) is 0 Å². The Bertz CT molecular complexity index is 1000. The van der Waals surface area contributed by atoms with Crippen molar-refractivity contribution >= 4 is 28.4 Å². The molecule has 4 aromatic rings. The van der Waals surface area contributed by atoms with Crippen LogP contribution in [-0.2, 0) is 6.54 Å². The highest BCUT2D eigenvalue weighted by atomic mass is 32.2. The molecule has 0 aliphatic carbocycles. The summed E-state index contributed by atoms with van der Waals surface area (Å²) in [5.41, 5.74) is 1.66. The van der Waals surface area contributed by atoms with Gasteiger partial charge in [0.1, 0.15) is 12.1 Å². The lowest BCUT2D eigenvalue weighted by Gasteiger charge is -2.10. The number of rotatable bonds is 6. The first-order chi connectivity index (χ1) is 12.2. The quantitative estimate of drug-likeness (QED) is 0.422. The fraction of sp³-hybridized carbons (Fsp3) is 0.167. The average molecular weight is 352 g/mol.